The highest BCUT2D eigenvalue weighted by atomic mass is 35.5. The van der Waals surface area contributed by atoms with Gasteiger partial charge in [-0.25, -0.2) is 0 Å². The van der Waals surface area contributed by atoms with Crippen molar-refractivity contribution in [1.82, 2.24) is 0 Å². The third kappa shape index (κ3) is 3.67. The lowest BCUT2D eigenvalue weighted by Crippen LogP contribution is -2.29. The predicted octanol–water partition coefficient (Wildman–Crippen LogP) is 4.26. The molecule has 1 unspecified atom stereocenters. The van der Waals surface area contributed by atoms with E-state index in [1.54, 1.807) is 11.8 Å². The summed E-state index contributed by atoms with van der Waals surface area (Å²) >= 11 is 7.18. The lowest BCUT2D eigenvalue weighted by molar-refractivity contribution is -0.116. The normalized spacial score (nSPS) is 17.0. The van der Waals surface area contributed by atoms with Crippen LogP contribution < -0.4 is 10.2 Å². The molecule has 1 aliphatic heterocycles. The van der Waals surface area contributed by atoms with E-state index in [1.165, 1.54) is 0 Å². The van der Waals surface area contributed by atoms with Crippen LogP contribution in [0, 0.1) is 13.8 Å². The summed E-state index contributed by atoms with van der Waals surface area (Å²) in [7, 11) is 0. The monoisotopic (exact) mass is 374 g/mol. The molecule has 1 saturated heterocycles. The number of aryl methyl sites for hydroxylation is 2. The molecule has 0 bridgehead atoms. The van der Waals surface area contributed by atoms with Gasteiger partial charge in [-0.05, 0) is 31.5 Å². The molecule has 6 heteroatoms. The van der Waals surface area contributed by atoms with Crippen molar-refractivity contribution < 1.29 is 9.59 Å². The van der Waals surface area contributed by atoms with Gasteiger partial charge in [-0.2, -0.15) is 0 Å². The Balaban J connectivity index is 2.02. The van der Waals surface area contributed by atoms with Gasteiger partial charge in [0, 0.05) is 16.9 Å². The molecule has 1 N–H and O–H groups in total. The van der Waals surface area contributed by atoms with Gasteiger partial charge >= 0.3 is 0 Å². The highest BCUT2D eigenvalue weighted by molar-refractivity contribution is 8.00. The summed E-state index contributed by atoms with van der Waals surface area (Å²) in [4.78, 5) is 26.1. The summed E-state index contributed by atoms with van der Waals surface area (Å²) in [5.41, 5.74) is 4.71. The summed E-state index contributed by atoms with van der Waals surface area (Å²) in [5.74, 6) is 0.115. The highest BCUT2D eigenvalue weighted by Gasteiger charge is 2.36. The van der Waals surface area contributed by atoms with Crippen molar-refractivity contribution in [2.24, 2.45) is 0 Å². The van der Waals surface area contributed by atoms with E-state index in [-0.39, 0.29) is 23.1 Å². The van der Waals surface area contributed by atoms with Gasteiger partial charge in [-0.15, -0.1) is 23.4 Å². The van der Waals surface area contributed by atoms with Crippen LogP contribution in [0.5, 0.6) is 0 Å². The smallest absolute Gasteiger partial charge is 0.239 e. The van der Waals surface area contributed by atoms with Gasteiger partial charge in [-0.1, -0.05) is 35.9 Å². The molecule has 1 heterocycles. The Morgan fingerprint density at radius 2 is 2.04 bits per heavy atom. The van der Waals surface area contributed by atoms with Crippen LogP contribution in [0.25, 0.3) is 0 Å². The van der Waals surface area contributed by atoms with Crippen LogP contribution in [0.2, 0.25) is 0 Å². The fourth-order valence-corrected chi connectivity index (χ4v) is 4.27. The number of anilines is 2. The van der Waals surface area contributed by atoms with E-state index in [2.05, 4.69) is 11.4 Å². The quantitative estimate of drug-likeness (QED) is 0.813. The maximum absolute atomic E-state index is 12.6. The second-order valence-corrected chi connectivity index (χ2v) is 7.32. The second kappa shape index (κ2) is 7.50. The topological polar surface area (TPSA) is 49.4 Å². The molecule has 2 amide bonds. The first-order valence-electron chi connectivity index (χ1n) is 7.97. The van der Waals surface area contributed by atoms with Gasteiger partial charge < -0.3 is 5.32 Å². The van der Waals surface area contributed by atoms with Gasteiger partial charge in [0.25, 0.3) is 0 Å². The lowest BCUT2D eigenvalue weighted by atomic mass is 10.1. The molecule has 3 rings (SSSR count). The summed E-state index contributed by atoms with van der Waals surface area (Å²) in [6, 6.07) is 13.6. The molecule has 0 aromatic heterocycles. The van der Waals surface area contributed by atoms with Gasteiger partial charge in [0.05, 0.1) is 5.75 Å². The van der Waals surface area contributed by atoms with Crippen LogP contribution in [0.15, 0.2) is 42.5 Å². The van der Waals surface area contributed by atoms with Crippen molar-refractivity contribution in [3.05, 3.63) is 59.2 Å². The molecule has 25 heavy (non-hydrogen) atoms. The summed E-state index contributed by atoms with van der Waals surface area (Å²) < 4.78 is 0. The van der Waals surface area contributed by atoms with Crippen LogP contribution in [0.3, 0.4) is 0 Å². The number of carbonyl (C=O) groups is 2. The Morgan fingerprint density at radius 3 is 2.76 bits per heavy atom. The minimum Gasteiger partial charge on any atom is -0.325 e. The number of hydrogen-bond acceptors (Lipinski definition) is 3. The molecule has 0 saturated carbocycles. The highest BCUT2D eigenvalue weighted by Crippen LogP contribution is 2.45. The minimum absolute atomic E-state index is 0.0698. The number of nitrogens with one attached hydrogen (secondary N) is 1. The Labute approximate surface area is 156 Å². The third-order valence-corrected chi connectivity index (χ3v) is 5.54. The van der Waals surface area contributed by atoms with Crippen molar-refractivity contribution in [1.29, 1.82) is 0 Å². The molecule has 0 aliphatic carbocycles. The van der Waals surface area contributed by atoms with Crippen LogP contribution in [0.4, 0.5) is 11.4 Å². The molecular formula is C19H19ClN2O2S. The molecule has 0 radical (unpaired) electrons. The largest absolute Gasteiger partial charge is 0.325 e. The molecular weight excluding hydrogens is 356 g/mol. The van der Waals surface area contributed by atoms with Gasteiger partial charge in [0.2, 0.25) is 11.8 Å². The standard InChI is InChI=1S/C19H19ClN2O2S/c1-12-7-8-16(13(2)9-12)22-18(24)11-25-19(22)14-5-3-4-6-15(14)21-17(23)10-20/h3-9,19H,10-11H2,1-2H3,(H,21,23). The van der Waals surface area contributed by atoms with E-state index in [9.17, 15) is 9.59 Å². The van der Waals surface area contributed by atoms with Crippen molar-refractivity contribution >= 4 is 46.6 Å². The number of nitrogens with zero attached hydrogens (tertiary/aromatic N) is 1. The maximum Gasteiger partial charge on any atom is 0.239 e. The van der Waals surface area contributed by atoms with E-state index < -0.39 is 0 Å². The van der Waals surface area contributed by atoms with Crippen molar-refractivity contribution in [2.45, 2.75) is 19.2 Å². The van der Waals surface area contributed by atoms with E-state index in [0.29, 0.717) is 11.4 Å². The summed E-state index contributed by atoms with van der Waals surface area (Å²) in [5, 5.41) is 2.65. The van der Waals surface area contributed by atoms with Crippen molar-refractivity contribution in [2.75, 3.05) is 21.8 Å². The molecule has 2 aromatic carbocycles. The zero-order valence-electron chi connectivity index (χ0n) is 14.1. The number of amides is 2. The average molecular weight is 375 g/mol. The number of halogens is 1. The summed E-state index contributed by atoms with van der Waals surface area (Å²) in [6.45, 7) is 4.04. The number of alkyl halides is 1. The Morgan fingerprint density at radius 1 is 1.28 bits per heavy atom. The van der Waals surface area contributed by atoms with Crippen molar-refractivity contribution in [3.8, 4) is 0 Å². The van der Waals surface area contributed by atoms with Crippen LogP contribution >= 0.6 is 23.4 Å². The Kier molecular flexibility index (Phi) is 5.35. The zero-order chi connectivity index (χ0) is 18.0. The number of carbonyl (C=O) groups excluding carboxylic acids is 2. The second-order valence-electron chi connectivity index (χ2n) is 5.99. The number of rotatable bonds is 4. The first-order chi connectivity index (χ1) is 12.0. The fraction of sp³-hybridized carbons (Fsp3) is 0.263. The van der Waals surface area contributed by atoms with E-state index >= 15 is 0 Å². The van der Waals surface area contributed by atoms with E-state index in [0.717, 1.165) is 22.4 Å². The predicted molar refractivity (Wildman–Crippen MR) is 104 cm³/mol. The lowest BCUT2D eigenvalue weighted by Gasteiger charge is -2.27. The van der Waals surface area contributed by atoms with Crippen LogP contribution in [0.1, 0.15) is 22.1 Å². The van der Waals surface area contributed by atoms with E-state index in [1.807, 2.05) is 55.1 Å². The van der Waals surface area contributed by atoms with Crippen molar-refractivity contribution in [3.63, 3.8) is 0 Å². The average Bonchev–Trinajstić information content (AvgIpc) is 2.96. The van der Waals surface area contributed by atoms with Gasteiger partial charge in [-0.3, -0.25) is 14.5 Å². The molecule has 1 atom stereocenters. The Bertz CT molecular complexity index is 825. The molecule has 130 valence electrons. The summed E-state index contributed by atoms with van der Waals surface area (Å²) in [6.07, 6.45) is 0. The van der Waals surface area contributed by atoms with Gasteiger partial charge in [0.15, 0.2) is 0 Å². The zero-order valence-corrected chi connectivity index (χ0v) is 15.7. The number of hydrogen-bond donors (Lipinski definition) is 1. The third-order valence-electron chi connectivity index (χ3n) is 4.10. The molecule has 2 aromatic rings. The van der Waals surface area contributed by atoms with Crippen LogP contribution in [-0.4, -0.2) is 23.4 Å². The first-order valence-corrected chi connectivity index (χ1v) is 9.55. The van der Waals surface area contributed by atoms with Gasteiger partial charge in [0.1, 0.15) is 11.3 Å². The Hall–Kier alpha value is -1.98. The molecule has 1 aliphatic rings. The molecule has 1 fully saturated rings. The number of benzene rings is 2. The number of para-hydroxylation sites is 1. The maximum atomic E-state index is 12.6. The van der Waals surface area contributed by atoms with Crippen LogP contribution in [-0.2, 0) is 9.59 Å². The molecule has 4 nitrogen and oxygen atoms in total. The fourth-order valence-electron chi connectivity index (χ4n) is 3.00. The molecule has 0 spiro atoms. The first kappa shape index (κ1) is 17.8. The SMILES string of the molecule is Cc1ccc(N2C(=O)CSC2c2ccccc2NC(=O)CCl)c(C)c1. The number of thioether (sulfide) groups is 1. The minimum atomic E-state index is -0.262. The van der Waals surface area contributed by atoms with E-state index in [4.69, 9.17) is 11.6 Å².